The lowest BCUT2D eigenvalue weighted by molar-refractivity contribution is -0.118. The van der Waals surface area contributed by atoms with Gasteiger partial charge in [0.2, 0.25) is 5.91 Å². The van der Waals surface area contributed by atoms with Gasteiger partial charge in [-0.25, -0.2) is 4.98 Å². The van der Waals surface area contributed by atoms with Crippen LogP contribution >= 0.6 is 0 Å². The van der Waals surface area contributed by atoms with Crippen molar-refractivity contribution in [1.82, 2.24) is 19.4 Å². The number of primary amides is 1. The molecule has 0 bridgehead atoms. The Labute approximate surface area is 170 Å². The summed E-state index contributed by atoms with van der Waals surface area (Å²) in [5.74, 6) is 0.639. The first-order valence-corrected chi connectivity index (χ1v) is 9.69. The van der Waals surface area contributed by atoms with Crippen LogP contribution in [0.15, 0.2) is 60.9 Å². The van der Waals surface area contributed by atoms with Gasteiger partial charge in [-0.2, -0.15) is 0 Å². The van der Waals surface area contributed by atoms with Crippen LogP contribution in [0, 0.1) is 13.8 Å². The average molecular weight is 387 g/mol. The summed E-state index contributed by atoms with van der Waals surface area (Å²) in [6, 6.07) is 16.6. The third-order valence-electron chi connectivity index (χ3n) is 5.35. The van der Waals surface area contributed by atoms with Crippen LogP contribution in [0.3, 0.4) is 0 Å². The summed E-state index contributed by atoms with van der Waals surface area (Å²) in [6.07, 6.45) is 3.77. The SMILES string of the molecule is Cc1nccn1-c1ccc(CNCc2c(C)n(CC(N)=O)c3ccccc23)cc1. The molecule has 4 rings (SSSR count). The van der Waals surface area contributed by atoms with Crippen molar-refractivity contribution in [3.63, 3.8) is 0 Å². The van der Waals surface area contributed by atoms with Crippen LogP contribution in [-0.4, -0.2) is 20.0 Å². The van der Waals surface area contributed by atoms with E-state index in [1.807, 2.05) is 49.0 Å². The second-order valence-corrected chi connectivity index (χ2v) is 7.25. The fraction of sp³-hybridized carbons (Fsp3) is 0.217. The largest absolute Gasteiger partial charge is 0.368 e. The van der Waals surface area contributed by atoms with Crippen molar-refractivity contribution < 1.29 is 4.79 Å². The van der Waals surface area contributed by atoms with Crippen LogP contribution in [0.25, 0.3) is 16.6 Å². The number of nitrogens with one attached hydrogen (secondary N) is 1. The number of carbonyl (C=O) groups excluding carboxylic acids is 1. The first-order chi connectivity index (χ1) is 14.0. The van der Waals surface area contributed by atoms with Crippen molar-refractivity contribution in [3.05, 3.63) is 83.6 Å². The maximum absolute atomic E-state index is 11.5. The zero-order chi connectivity index (χ0) is 20.4. The van der Waals surface area contributed by atoms with Gasteiger partial charge in [0.15, 0.2) is 0 Å². The quantitative estimate of drug-likeness (QED) is 0.511. The van der Waals surface area contributed by atoms with Crippen molar-refractivity contribution >= 4 is 16.8 Å². The lowest BCUT2D eigenvalue weighted by Gasteiger charge is -2.09. The van der Waals surface area contributed by atoms with E-state index in [2.05, 4.69) is 45.2 Å². The van der Waals surface area contributed by atoms with E-state index in [9.17, 15) is 4.79 Å². The number of aromatic nitrogens is 3. The number of amides is 1. The lowest BCUT2D eigenvalue weighted by atomic mass is 10.1. The van der Waals surface area contributed by atoms with Crippen molar-refractivity contribution in [1.29, 1.82) is 0 Å². The molecule has 148 valence electrons. The number of aryl methyl sites for hydroxylation is 1. The molecule has 0 atom stereocenters. The van der Waals surface area contributed by atoms with E-state index < -0.39 is 0 Å². The molecule has 2 aromatic carbocycles. The van der Waals surface area contributed by atoms with Crippen molar-refractivity contribution in [3.8, 4) is 5.69 Å². The molecule has 3 N–H and O–H groups in total. The summed E-state index contributed by atoms with van der Waals surface area (Å²) in [5.41, 5.74) is 11.1. The highest BCUT2D eigenvalue weighted by molar-refractivity contribution is 5.87. The molecule has 0 aliphatic carbocycles. The molecule has 0 aliphatic heterocycles. The molecule has 6 nitrogen and oxygen atoms in total. The Balaban J connectivity index is 1.48. The first-order valence-electron chi connectivity index (χ1n) is 9.69. The number of fused-ring (bicyclic) bond motifs is 1. The molecule has 29 heavy (non-hydrogen) atoms. The van der Waals surface area contributed by atoms with Gasteiger partial charge in [-0.1, -0.05) is 30.3 Å². The van der Waals surface area contributed by atoms with Gasteiger partial charge in [0, 0.05) is 47.8 Å². The van der Waals surface area contributed by atoms with E-state index >= 15 is 0 Å². The van der Waals surface area contributed by atoms with Gasteiger partial charge in [0.1, 0.15) is 12.4 Å². The van der Waals surface area contributed by atoms with E-state index in [1.54, 1.807) is 0 Å². The minimum absolute atomic E-state index is 0.196. The summed E-state index contributed by atoms with van der Waals surface area (Å²) in [6.45, 7) is 5.72. The van der Waals surface area contributed by atoms with Crippen LogP contribution in [0.1, 0.15) is 22.6 Å². The molecule has 0 saturated carbocycles. The third kappa shape index (κ3) is 3.79. The van der Waals surface area contributed by atoms with E-state index in [0.717, 1.165) is 41.2 Å². The van der Waals surface area contributed by atoms with Gasteiger partial charge < -0.3 is 20.2 Å². The van der Waals surface area contributed by atoms with Crippen molar-refractivity contribution in [2.75, 3.05) is 0 Å². The monoisotopic (exact) mass is 387 g/mol. The number of hydrogen-bond acceptors (Lipinski definition) is 3. The number of nitrogens with zero attached hydrogens (tertiary/aromatic N) is 3. The Kier molecular flexibility index (Phi) is 5.18. The number of para-hydroxylation sites is 1. The van der Waals surface area contributed by atoms with Crippen LogP contribution in [-0.2, 0) is 24.4 Å². The van der Waals surface area contributed by atoms with Crippen molar-refractivity contribution in [2.45, 2.75) is 33.5 Å². The fourth-order valence-electron chi connectivity index (χ4n) is 3.84. The van der Waals surface area contributed by atoms with Crippen LogP contribution in [0.2, 0.25) is 0 Å². The minimum atomic E-state index is -0.332. The first kappa shape index (κ1) is 19.0. The number of nitrogens with two attached hydrogens (primary N) is 1. The topological polar surface area (TPSA) is 77.9 Å². The van der Waals surface area contributed by atoms with Gasteiger partial charge in [-0.3, -0.25) is 4.79 Å². The van der Waals surface area contributed by atoms with E-state index in [4.69, 9.17) is 5.73 Å². The van der Waals surface area contributed by atoms with Gasteiger partial charge >= 0.3 is 0 Å². The standard InChI is InChI=1S/C23H25N5O/c1-16-21(20-5-3-4-6-22(20)28(16)15-23(24)29)14-25-13-18-7-9-19(10-8-18)27-12-11-26-17(27)2/h3-12,25H,13-15H2,1-2H3,(H2,24,29). The Bertz CT molecular complexity index is 1150. The highest BCUT2D eigenvalue weighted by atomic mass is 16.1. The molecule has 4 aromatic rings. The molecular weight excluding hydrogens is 362 g/mol. The number of rotatable bonds is 7. The zero-order valence-electron chi connectivity index (χ0n) is 16.7. The molecule has 0 spiro atoms. The van der Waals surface area contributed by atoms with Gasteiger partial charge in [-0.15, -0.1) is 0 Å². The molecule has 0 fully saturated rings. The number of carbonyl (C=O) groups is 1. The molecular formula is C23H25N5O. The van der Waals surface area contributed by atoms with Crippen LogP contribution in [0.4, 0.5) is 0 Å². The molecule has 0 radical (unpaired) electrons. The van der Waals surface area contributed by atoms with E-state index in [0.29, 0.717) is 0 Å². The average Bonchev–Trinajstić information content (AvgIpc) is 3.25. The highest BCUT2D eigenvalue weighted by Crippen LogP contribution is 2.25. The Morgan fingerprint density at radius 1 is 1.07 bits per heavy atom. The smallest absolute Gasteiger partial charge is 0.237 e. The normalized spacial score (nSPS) is 11.2. The maximum atomic E-state index is 11.5. The predicted molar refractivity (Wildman–Crippen MR) is 115 cm³/mol. The van der Waals surface area contributed by atoms with Crippen molar-refractivity contribution in [2.24, 2.45) is 5.73 Å². The van der Waals surface area contributed by atoms with Gasteiger partial charge in [-0.05, 0) is 43.2 Å². The summed E-state index contributed by atoms with van der Waals surface area (Å²) in [5, 5.41) is 4.69. The maximum Gasteiger partial charge on any atom is 0.237 e. The van der Waals surface area contributed by atoms with Crippen LogP contribution < -0.4 is 11.1 Å². The zero-order valence-corrected chi connectivity index (χ0v) is 16.7. The minimum Gasteiger partial charge on any atom is -0.368 e. The Hall–Kier alpha value is -3.38. The molecule has 0 unspecified atom stereocenters. The molecule has 2 aromatic heterocycles. The lowest BCUT2D eigenvalue weighted by Crippen LogP contribution is -2.19. The van der Waals surface area contributed by atoms with Crippen LogP contribution in [0.5, 0.6) is 0 Å². The summed E-state index contributed by atoms with van der Waals surface area (Å²) in [7, 11) is 0. The molecule has 0 saturated heterocycles. The second kappa shape index (κ2) is 7.93. The third-order valence-corrected chi connectivity index (χ3v) is 5.35. The summed E-state index contributed by atoms with van der Waals surface area (Å²) >= 11 is 0. The van der Waals surface area contributed by atoms with Gasteiger partial charge in [0.25, 0.3) is 0 Å². The predicted octanol–water partition coefficient (Wildman–Crippen LogP) is 3.22. The highest BCUT2D eigenvalue weighted by Gasteiger charge is 2.14. The van der Waals surface area contributed by atoms with E-state index in [-0.39, 0.29) is 12.5 Å². The Morgan fingerprint density at radius 3 is 2.52 bits per heavy atom. The number of benzene rings is 2. The Morgan fingerprint density at radius 2 is 1.83 bits per heavy atom. The second-order valence-electron chi connectivity index (χ2n) is 7.25. The molecule has 1 amide bonds. The van der Waals surface area contributed by atoms with Gasteiger partial charge in [0.05, 0.1) is 0 Å². The summed E-state index contributed by atoms with van der Waals surface area (Å²) in [4.78, 5) is 15.8. The summed E-state index contributed by atoms with van der Waals surface area (Å²) < 4.78 is 4.06. The number of imidazole rings is 1. The molecule has 6 heteroatoms. The fourth-order valence-corrected chi connectivity index (χ4v) is 3.84. The van der Waals surface area contributed by atoms with E-state index in [1.165, 1.54) is 11.1 Å². The molecule has 0 aliphatic rings. The molecule has 2 heterocycles. The number of hydrogen-bond donors (Lipinski definition) is 2.